The van der Waals surface area contributed by atoms with Crippen molar-refractivity contribution in [3.8, 4) is 0 Å². The topological polar surface area (TPSA) is 69.9 Å². The van der Waals surface area contributed by atoms with Gasteiger partial charge in [-0.25, -0.2) is 0 Å². The van der Waals surface area contributed by atoms with Gasteiger partial charge in [-0.1, -0.05) is 12.2 Å². The number of ether oxygens (including phenoxy) is 1. The highest BCUT2D eigenvalue weighted by molar-refractivity contribution is 5.18. The fourth-order valence-electron chi connectivity index (χ4n) is 1.59. The van der Waals surface area contributed by atoms with E-state index in [1.54, 1.807) is 12.2 Å². The van der Waals surface area contributed by atoms with Gasteiger partial charge in [-0.2, -0.15) is 0 Å². The summed E-state index contributed by atoms with van der Waals surface area (Å²) in [7, 11) is 0. The van der Waals surface area contributed by atoms with Gasteiger partial charge in [0.15, 0.2) is 6.29 Å². The molecule has 0 aromatic heterocycles. The summed E-state index contributed by atoms with van der Waals surface area (Å²) >= 11 is 0. The van der Waals surface area contributed by atoms with E-state index in [0.717, 1.165) is 0 Å². The van der Waals surface area contributed by atoms with Crippen molar-refractivity contribution in [3.63, 3.8) is 0 Å². The smallest absolute Gasteiger partial charge is 0.184 e. The van der Waals surface area contributed by atoms with Gasteiger partial charge in [-0.15, -0.1) is 0 Å². The third-order valence-electron chi connectivity index (χ3n) is 2.32. The van der Waals surface area contributed by atoms with E-state index < -0.39 is 24.1 Å². The monoisotopic (exact) mass is 158 g/mol. The Morgan fingerprint density at radius 2 is 2.18 bits per heavy atom. The Balaban J connectivity index is 2.28. The van der Waals surface area contributed by atoms with E-state index in [9.17, 15) is 10.2 Å². The zero-order chi connectivity index (χ0) is 8.06. The van der Waals surface area contributed by atoms with Crippen LogP contribution in [0.5, 0.6) is 0 Å². The van der Waals surface area contributed by atoms with Crippen molar-refractivity contribution in [1.29, 1.82) is 0 Å². The van der Waals surface area contributed by atoms with Crippen LogP contribution >= 0.6 is 0 Å². The summed E-state index contributed by atoms with van der Waals surface area (Å²) in [6, 6.07) is 0. The van der Waals surface area contributed by atoms with Crippen molar-refractivity contribution in [2.24, 2.45) is 0 Å². The average molecular weight is 158 g/mol. The highest BCUT2D eigenvalue weighted by Gasteiger charge is 2.55. The highest BCUT2D eigenvalue weighted by atomic mass is 16.6. The number of rotatable bonds is 0. The fraction of sp³-hybridized carbons (Fsp3) is 0.714. The Morgan fingerprint density at radius 3 is 2.82 bits per heavy atom. The molecule has 0 spiro atoms. The summed E-state index contributed by atoms with van der Waals surface area (Å²) in [4.78, 5) is 0. The number of aliphatic hydroxyl groups is 3. The molecule has 0 saturated carbocycles. The Hall–Kier alpha value is -0.420. The second kappa shape index (κ2) is 2.04. The van der Waals surface area contributed by atoms with Crippen LogP contribution in [-0.4, -0.2) is 39.4 Å². The lowest BCUT2D eigenvalue weighted by Crippen LogP contribution is -2.45. The molecule has 0 aromatic rings. The summed E-state index contributed by atoms with van der Waals surface area (Å²) in [5, 5.41) is 27.9. The van der Waals surface area contributed by atoms with Crippen molar-refractivity contribution >= 4 is 0 Å². The van der Waals surface area contributed by atoms with Crippen molar-refractivity contribution < 1.29 is 20.1 Å². The normalized spacial score (nSPS) is 55.0. The van der Waals surface area contributed by atoms with Crippen LogP contribution in [0.15, 0.2) is 12.2 Å². The van der Waals surface area contributed by atoms with Gasteiger partial charge in [-0.3, -0.25) is 0 Å². The molecule has 2 aliphatic rings. The molecule has 62 valence electrons. The van der Waals surface area contributed by atoms with E-state index >= 15 is 0 Å². The zero-order valence-corrected chi connectivity index (χ0v) is 5.84. The standard InChI is InChI=1S/C7H10O4/c8-5-6(9)11-4-2-1-3-7(4,5)10/h1-2,4-6,8-10H,3H2/t4-,5+,6?,7-/m1/s1. The van der Waals surface area contributed by atoms with Crippen LogP contribution < -0.4 is 0 Å². The van der Waals surface area contributed by atoms with E-state index in [4.69, 9.17) is 9.84 Å². The maximum atomic E-state index is 9.67. The van der Waals surface area contributed by atoms with Gasteiger partial charge in [0.25, 0.3) is 0 Å². The number of fused-ring (bicyclic) bond motifs is 1. The first-order valence-electron chi connectivity index (χ1n) is 3.55. The second-order valence-electron chi connectivity index (χ2n) is 3.02. The van der Waals surface area contributed by atoms with Gasteiger partial charge in [0, 0.05) is 0 Å². The predicted octanol–water partition coefficient (Wildman–Crippen LogP) is -1.24. The van der Waals surface area contributed by atoms with Gasteiger partial charge in [0.1, 0.15) is 17.8 Å². The molecule has 0 aromatic carbocycles. The number of hydrogen-bond acceptors (Lipinski definition) is 4. The quantitative estimate of drug-likeness (QED) is 0.385. The molecule has 1 aliphatic heterocycles. The van der Waals surface area contributed by atoms with Crippen LogP contribution in [-0.2, 0) is 4.74 Å². The van der Waals surface area contributed by atoms with Crippen LogP contribution in [0.25, 0.3) is 0 Å². The van der Waals surface area contributed by atoms with Crippen LogP contribution in [0.2, 0.25) is 0 Å². The van der Waals surface area contributed by atoms with Crippen LogP contribution in [0.4, 0.5) is 0 Å². The van der Waals surface area contributed by atoms with Crippen LogP contribution in [0, 0.1) is 0 Å². The van der Waals surface area contributed by atoms with Gasteiger partial charge in [-0.05, 0) is 6.42 Å². The highest BCUT2D eigenvalue weighted by Crippen LogP contribution is 2.37. The Labute approximate surface area is 63.7 Å². The SMILES string of the molecule is OC1O[C@@H]2C=CC[C@]2(O)[C@H]1O. The van der Waals surface area contributed by atoms with Crippen molar-refractivity contribution in [3.05, 3.63) is 12.2 Å². The lowest BCUT2D eigenvalue weighted by atomic mass is 9.94. The molecule has 4 nitrogen and oxygen atoms in total. The molecule has 1 heterocycles. The van der Waals surface area contributed by atoms with Crippen LogP contribution in [0.3, 0.4) is 0 Å². The third-order valence-corrected chi connectivity index (χ3v) is 2.32. The summed E-state index contributed by atoms with van der Waals surface area (Å²) in [5.41, 5.74) is -1.29. The molecule has 0 amide bonds. The van der Waals surface area contributed by atoms with Gasteiger partial charge < -0.3 is 20.1 Å². The Bertz CT molecular complexity index is 203. The van der Waals surface area contributed by atoms with Gasteiger partial charge >= 0.3 is 0 Å². The molecule has 1 aliphatic carbocycles. The molecule has 0 bridgehead atoms. The van der Waals surface area contributed by atoms with E-state index in [2.05, 4.69) is 0 Å². The lowest BCUT2D eigenvalue weighted by Gasteiger charge is -2.23. The largest absolute Gasteiger partial charge is 0.385 e. The summed E-state index contributed by atoms with van der Waals surface area (Å²) < 4.78 is 4.87. The van der Waals surface area contributed by atoms with Gasteiger partial charge in [0.2, 0.25) is 0 Å². The van der Waals surface area contributed by atoms with Crippen molar-refractivity contribution in [2.45, 2.75) is 30.5 Å². The van der Waals surface area contributed by atoms with Crippen LogP contribution in [0.1, 0.15) is 6.42 Å². The minimum atomic E-state index is -1.29. The Kier molecular flexibility index (Phi) is 1.34. The lowest BCUT2D eigenvalue weighted by molar-refractivity contribution is -0.125. The summed E-state index contributed by atoms with van der Waals surface area (Å²) in [5.74, 6) is 0. The van der Waals surface area contributed by atoms with Crippen molar-refractivity contribution in [1.82, 2.24) is 0 Å². The summed E-state index contributed by atoms with van der Waals surface area (Å²) in [6.45, 7) is 0. The average Bonchev–Trinajstić information content (AvgIpc) is 2.39. The number of aliphatic hydroxyl groups excluding tert-OH is 2. The zero-order valence-electron chi connectivity index (χ0n) is 5.84. The molecule has 11 heavy (non-hydrogen) atoms. The van der Waals surface area contributed by atoms with E-state index in [1.165, 1.54) is 0 Å². The molecular formula is C7H10O4. The van der Waals surface area contributed by atoms with Gasteiger partial charge in [0.05, 0.1) is 0 Å². The maximum absolute atomic E-state index is 9.67. The summed E-state index contributed by atoms with van der Waals surface area (Å²) in [6.07, 6.45) is 0.736. The Morgan fingerprint density at radius 1 is 1.45 bits per heavy atom. The first-order chi connectivity index (χ1) is 5.14. The molecule has 3 N–H and O–H groups in total. The van der Waals surface area contributed by atoms with Crippen molar-refractivity contribution in [2.75, 3.05) is 0 Å². The van der Waals surface area contributed by atoms with E-state index in [1.807, 2.05) is 0 Å². The molecule has 2 rings (SSSR count). The maximum Gasteiger partial charge on any atom is 0.184 e. The second-order valence-corrected chi connectivity index (χ2v) is 3.02. The molecule has 4 atom stereocenters. The van der Waals surface area contributed by atoms with E-state index in [0.29, 0.717) is 6.42 Å². The third kappa shape index (κ3) is 0.779. The minimum absolute atomic E-state index is 0.343. The first kappa shape index (κ1) is 7.24. The molecule has 1 saturated heterocycles. The molecule has 0 radical (unpaired) electrons. The molecule has 1 unspecified atom stereocenters. The minimum Gasteiger partial charge on any atom is -0.385 e. The fourth-order valence-corrected chi connectivity index (χ4v) is 1.59. The predicted molar refractivity (Wildman–Crippen MR) is 35.6 cm³/mol. The molecule has 1 fully saturated rings. The molecular weight excluding hydrogens is 148 g/mol. The first-order valence-corrected chi connectivity index (χ1v) is 3.55. The number of hydrogen-bond donors (Lipinski definition) is 3. The molecule has 4 heteroatoms. The van der Waals surface area contributed by atoms with E-state index in [-0.39, 0.29) is 0 Å².